The Kier molecular flexibility index (Phi) is 8.74. The number of hydrogen-bond acceptors (Lipinski definition) is 9. The SMILES string of the molecule is CCOC(=O)[C@H]1CC[C@H](OC(C(=O)OC(C)(C)C)(N2CCCC2)N2CC(N3CCOCC3)C2)CC1. The number of carbonyl (C=O) groups excluding carboxylic acids is 2. The molecule has 0 aromatic heterocycles. The molecule has 3 aliphatic heterocycles. The van der Waals surface area contributed by atoms with Crippen molar-refractivity contribution < 1.29 is 28.5 Å². The molecule has 0 N–H and O–H groups in total. The van der Waals surface area contributed by atoms with Crippen LogP contribution in [0.25, 0.3) is 0 Å². The predicted octanol–water partition coefficient (Wildman–Crippen LogP) is 2.23. The van der Waals surface area contributed by atoms with Crippen molar-refractivity contribution in [1.82, 2.24) is 14.7 Å². The van der Waals surface area contributed by atoms with Gasteiger partial charge in [-0.2, -0.15) is 0 Å². The van der Waals surface area contributed by atoms with Gasteiger partial charge >= 0.3 is 11.9 Å². The van der Waals surface area contributed by atoms with E-state index in [0.717, 1.165) is 91.0 Å². The monoisotopic (exact) mass is 495 g/mol. The smallest absolute Gasteiger partial charge is 0.371 e. The molecule has 1 saturated carbocycles. The number of carbonyl (C=O) groups is 2. The Morgan fingerprint density at radius 1 is 0.914 bits per heavy atom. The summed E-state index contributed by atoms with van der Waals surface area (Å²) in [7, 11) is 0. The highest BCUT2D eigenvalue weighted by molar-refractivity contribution is 5.79. The van der Waals surface area contributed by atoms with Crippen LogP contribution in [0.3, 0.4) is 0 Å². The summed E-state index contributed by atoms with van der Waals surface area (Å²) < 4.78 is 23.7. The van der Waals surface area contributed by atoms with E-state index in [1.54, 1.807) is 0 Å². The van der Waals surface area contributed by atoms with Crippen LogP contribution < -0.4 is 0 Å². The second-order valence-electron chi connectivity index (χ2n) is 11.4. The van der Waals surface area contributed by atoms with E-state index in [2.05, 4.69) is 14.7 Å². The van der Waals surface area contributed by atoms with Crippen molar-refractivity contribution in [2.75, 3.05) is 59.1 Å². The molecule has 9 heteroatoms. The third-order valence-electron chi connectivity index (χ3n) is 7.68. The maximum absolute atomic E-state index is 14.0. The summed E-state index contributed by atoms with van der Waals surface area (Å²) in [5.41, 5.74) is -0.610. The van der Waals surface area contributed by atoms with Crippen LogP contribution in [0.1, 0.15) is 66.2 Å². The zero-order chi connectivity index (χ0) is 25.1. The van der Waals surface area contributed by atoms with Crippen LogP contribution in [0.5, 0.6) is 0 Å². The lowest BCUT2D eigenvalue weighted by molar-refractivity contribution is -0.295. The van der Waals surface area contributed by atoms with Gasteiger partial charge in [0, 0.05) is 45.3 Å². The van der Waals surface area contributed by atoms with Crippen LogP contribution in [0.4, 0.5) is 0 Å². The van der Waals surface area contributed by atoms with Crippen molar-refractivity contribution in [3.63, 3.8) is 0 Å². The maximum atomic E-state index is 14.0. The second kappa shape index (κ2) is 11.4. The lowest BCUT2D eigenvalue weighted by atomic mass is 9.87. The van der Waals surface area contributed by atoms with Crippen LogP contribution in [-0.2, 0) is 28.5 Å². The first-order valence-corrected chi connectivity index (χ1v) is 13.6. The zero-order valence-electron chi connectivity index (χ0n) is 22.1. The predicted molar refractivity (Wildman–Crippen MR) is 131 cm³/mol. The minimum absolute atomic E-state index is 0.0766. The molecule has 1 aliphatic carbocycles. The third kappa shape index (κ3) is 6.18. The molecular formula is C26H45N3O6. The topological polar surface area (TPSA) is 80.8 Å². The van der Waals surface area contributed by atoms with Gasteiger partial charge in [0.2, 0.25) is 0 Å². The molecule has 1 unspecified atom stereocenters. The van der Waals surface area contributed by atoms with Gasteiger partial charge in [0.15, 0.2) is 0 Å². The minimum atomic E-state index is -1.21. The van der Waals surface area contributed by atoms with Gasteiger partial charge in [0.05, 0.1) is 31.8 Å². The van der Waals surface area contributed by atoms with E-state index < -0.39 is 11.4 Å². The highest BCUT2D eigenvalue weighted by Crippen LogP contribution is 2.39. The summed E-state index contributed by atoms with van der Waals surface area (Å²) >= 11 is 0. The van der Waals surface area contributed by atoms with Gasteiger partial charge in [0.25, 0.3) is 5.85 Å². The van der Waals surface area contributed by atoms with Crippen molar-refractivity contribution >= 4 is 11.9 Å². The van der Waals surface area contributed by atoms with Crippen LogP contribution >= 0.6 is 0 Å². The van der Waals surface area contributed by atoms with E-state index in [1.807, 2.05) is 27.7 Å². The maximum Gasteiger partial charge on any atom is 0.371 e. The normalized spacial score (nSPS) is 29.4. The fourth-order valence-corrected chi connectivity index (χ4v) is 5.81. The van der Waals surface area contributed by atoms with Crippen molar-refractivity contribution in [3.8, 4) is 0 Å². The number of esters is 2. The van der Waals surface area contributed by atoms with Gasteiger partial charge in [-0.05, 0) is 66.2 Å². The van der Waals surface area contributed by atoms with Crippen molar-refractivity contribution in [2.45, 2.75) is 89.8 Å². The molecule has 9 nitrogen and oxygen atoms in total. The number of nitrogens with zero attached hydrogens (tertiary/aromatic N) is 3. The molecule has 3 saturated heterocycles. The third-order valence-corrected chi connectivity index (χ3v) is 7.68. The standard InChI is InChI=1S/C26H45N3O6/c1-5-33-23(30)20-8-10-22(11-9-20)34-26(28-12-6-7-13-28,24(31)35-25(2,3)4)29-18-21(19-29)27-14-16-32-17-15-27/h20-22H,5-19H2,1-4H3/t20-,22-,26?. The summed E-state index contributed by atoms with van der Waals surface area (Å²) in [4.78, 5) is 33.1. The molecule has 1 atom stereocenters. The fraction of sp³-hybridized carbons (Fsp3) is 0.923. The van der Waals surface area contributed by atoms with E-state index in [1.165, 1.54) is 0 Å². The Morgan fingerprint density at radius 2 is 1.54 bits per heavy atom. The summed E-state index contributed by atoms with van der Waals surface area (Å²) in [6.07, 6.45) is 4.92. The molecule has 0 aromatic carbocycles. The second-order valence-corrected chi connectivity index (χ2v) is 11.4. The molecule has 0 spiro atoms. The van der Waals surface area contributed by atoms with Gasteiger partial charge in [-0.15, -0.1) is 0 Å². The molecule has 4 aliphatic rings. The van der Waals surface area contributed by atoms with Gasteiger partial charge < -0.3 is 18.9 Å². The van der Waals surface area contributed by atoms with Crippen LogP contribution in [0.2, 0.25) is 0 Å². The largest absolute Gasteiger partial charge is 0.466 e. The summed E-state index contributed by atoms with van der Waals surface area (Å²) in [6, 6.07) is 0.395. The molecule has 4 fully saturated rings. The first kappa shape index (κ1) is 26.8. The van der Waals surface area contributed by atoms with E-state index in [9.17, 15) is 9.59 Å². The van der Waals surface area contributed by atoms with E-state index in [-0.39, 0.29) is 24.0 Å². The molecule has 200 valence electrons. The van der Waals surface area contributed by atoms with Crippen LogP contribution in [0.15, 0.2) is 0 Å². The van der Waals surface area contributed by atoms with Gasteiger partial charge in [-0.1, -0.05) is 0 Å². The molecule has 3 heterocycles. The van der Waals surface area contributed by atoms with E-state index in [0.29, 0.717) is 12.6 Å². The Labute approximate surface area is 210 Å². The van der Waals surface area contributed by atoms with Crippen molar-refractivity contribution in [3.05, 3.63) is 0 Å². The number of ether oxygens (including phenoxy) is 4. The average Bonchev–Trinajstić information content (AvgIpc) is 3.33. The Bertz CT molecular complexity index is 717. The first-order valence-electron chi connectivity index (χ1n) is 13.6. The lowest BCUT2D eigenvalue weighted by Crippen LogP contribution is -2.76. The zero-order valence-corrected chi connectivity index (χ0v) is 22.1. The Balaban J connectivity index is 1.52. The first-order chi connectivity index (χ1) is 16.7. The van der Waals surface area contributed by atoms with Crippen molar-refractivity contribution in [2.24, 2.45) is 5.92 Å². The number of morpholine rings is 1. The van der Waals surface area contributed by atoms with Crippen LogP contribution in [0, 0.1) is 5.92 Å². The molecule has 0 aromatic rings. The summed E-state index contributed by atoms with van der Waals surface area (Å²) in [6.45, 7) is 14.6. The average molecular weight is 496 g/mol. The summed E-state index contributed by atoms with van der Waals surface area (Å²) in [5.74, 6) is -1.71. The molecule has 0 radical (unpaired) electrons. The molecule has 0 bridgehead atoms. The highest BCUT2D eigenvalue weighted by Gasteiger charge is 2.59. The molecule has 4 rings (SSSR count). The molecular weight excluding hydrogens is 450 g/mol. The van der Waals surface area contributed by atoms with Crippen molar-refractivity contribution in [1.29, 1.82) is 0 Å². The quantitative estimate of drug-likeness (QED) is 0.471. The Hall–Kier alpha value is -1.26. The number of rotatable bonds is 8. The van der Waals surface area contributed by atoms with E-state index in [4.69, 9.17) is 18.9 Å². The summed E-state index contributed by atoms with van der Waals surface area (Å²) in [5, 5.41) is 0. The van der Waals surface area contributed by atoms with Crippen LogP contribution in [-0.4, -0.2) is 109 Å². The highest BCUT2D eigenvalue weighted by atomic mass is 16.6. The molecule has 0 amide bonds. The Morgan fingerprint density at radius 3 is 2.11 bits per heavy atom. The molecule has 35 heavy (non-hydrogen) atoms. The van der Waals surface area contributed by atoms with Gasteiger partial charge in [-0.3, -0.25) is 14.6 Å². The van der Waals surface area contributed by atoms with Gasteiger partial charge in [-0.25, -0.2) is 9.69 Å². The van der Waals surface area contributed by atoms with Gasteiger partial charge in [0.1, 0.15) is 5.60 Å². The number of hydrogen-bond donors (Lipinski definition) is 0. The minimum Gasteiger partial charge on any atom is -0.466 e. The fourth-order valence-electron chi connectivity index (χ4n) is 5.81. The van der Waals surface area contributed by atoms with E-state index >= 15 is 0 Å². The lowest BCUT2D eigenvalue weighted by Gasteiger charge is -2.56. The number of likely N-dealkylation sites (tertiary alicyclic amines) is 2.